The first-order valence-electron chi connectivity index (χ1n) is 5.72. The number of hydrogen-bond donors (Lipinski definition) is 1. The number of anilines is 1. The van der Waals surface area contributed by atoms with Crippen LogP contribution in [-0.2, 0) is 15.6 Å². The van der Waals surface area contributed by atoms with Crippen LogP contribution in [-0.4, -0.2) is 8.42 Å². The lowest BCUT2D eigenvalue weighted by molar-refractivity contribution is 0.595. The summed E-state index contributed by atoms with van der Waals surface area (Å²) in [6.45, 7) is 1.83. The van der Waals surface area contributed by atoms with Crippen molar-refractivity contribution in [1.82, 2.24) is 0 Å². The van der Waals surface area contributed by atoms with E-state index in [4.69, 9.17) is 17.3 Å². The highest BCUT2D eigenvalue weighted by Gasteiger charge is 2.18. The van der Waals surface area contributed by atoms with Gasteiger partial charge in [-0.1, -0.05) is 29.8 Å². The summed E-state index contributed by atoms with van der Waals surface area (Å²) in [6.07, 6.45) is 0. The first-order valence-corrected chi connectivity index (χ1v) is 7.75. The van der Waals surface area contributed by atoms with Crippen molar-refractivity contribution in [2.45, 2.75) is 17.6 Å². The molecule has 0 spiro atoms. The van der Waals surface area contributed by atoms with Gasteiger partial charge < -0.3 is 5.73 Å². The quantitative estimate of drug-likeness (QED) is 0.885. The van der Waals surface area contributed by atoms with E-state index in [-0.39, 0.29) is 16.3 Å². The summed E-state index contributed by atoms with van der Waals surface area (Å²) < 4.78 is 24.7. The Labute approximate surface area is 117 Å². The highest BCUT2D eigenvalue weighted by Crippen LogP contribution is 2.24. The zero-order valence-electron chi connectivity index (χ0n) is 10.4. The molecule has 0 amide bonds. The maximum absolute atomic E-state index is 12.4. The summed E-state index contributed by atoms with van der Waals surface area (Å²) >= 11 is 5.86. The van der Waals surface area contributed by atoms with E-state index in [1.807, 2.05) is 6.92 Å². The van der Waals surface area contributed by atoms with Gasteiger partial charge in [0.1, 0.15) is 0 Å². The van der Waals surface area contributed by atoms with Crippen LogP contribution in [0.2, 0.25) is 5.02 Å². The Morgan fingerprint density at radius 2 is 1.89 bits per heavy atom. The van der Waals surface area contributed by atoms with Gasteiger partial charge in [0.05, 0.1) is 16.3 Å². The van der Waals surface area contributed by atoms with Crippen LogP contribution in [0, 0.1) is 6.92 Å². The normalized spacial score (nSPS) is 11.5. The molecule has 0 aliphatic rings. The molecule has 2 aromatic carbocycles. The van der Waals surface area contributed by atoms with Gasteiger partial charge in [-0.15, -0.1) is 0 Å². The van der Waals surface area contributed by atoms with Gasteiger partial charge >= 0.3 is 0 Å². The first-order chi connectivity index (χ1) is 8.88. The molecular weight excluding hydrogens is 282 g/mol. The van der Waals surface area contributed by atoms with Crippen molar-refractivity contribution < 1.29 is 8.42 Å². The smallest absolute Gasteiger partial charge is 0.184 e. The standard InChI is InChI=1S/C14H14ClNO2S/c1-10-5-6-13(16)14(7-10)19(17,18)9-11-3-2-4-12(15)8-11/h2-8H,9,16H2,1H3. The number of sulfone groups is 1. The third-order valence-corrected chi connectivity index (χ3v) is 4.72. The van der Waals surface area contributed by atoms with E-state index in [0.717, 1.165) is 5.56 Å². The van der Waals surface area contributed by atoms with Gasteiger partial charge in [-0.05, 0) is 42.3 Å². The number of halogens is 1. The van der Waals surface area contributed by atoms with Crippen molar-refractivity contribution in [3.05, 3.63) is 58.6 Å². The van der Waals surface area contributed by atoms with Crippen LogP contribution in [0.15, 0.2) is 47.4 Å². The molecule has 0 aliphatic heterocycles. The molecule has 0 unspecified atom stereocenters. The van der Waals surface area contributed by atoms with Gasteiger partial charge in [0.25, 0.3) is 0 Å². The molecule has 19 heavy (non-hydrogen) atoms. The van der Waals surface area contributed by atoms with Crippen molar-refractivity contribution in [3.8, 4) is 0 Å². The van der Waals surface area contributed by atoms with Crippen LogP contribution in [0.3, 0.4) is 0 Å². The highest BCUT2D eigenvalue weighted by molar-refractivity contribution is 7.90. The monoisotopic (exact) mass is 295 g/mol. The number of rotatable bonds is 3. The van der Waals surface area contributed by atoms with Gasteiger partial charge in [0.2, 0.25) is 0 Å². The lowest BCUT2D eigenvalue weighted by Gasteiger charge is -2.09. The van der Waals surface area contributed by atoms with E-state index >= 15 is 0 Å². The van der Waals surface area contributed by atoms with Crippen molar-refractivity contribution in [2.24, 2.45) is 0 Å². The lowest BCUT2D eigenvalue weighted by atomic mass is 10.2. The largest absolute Gasteiger partial charge is 0.398 e. The minimum atomic E-state index is -3.47. The molecule has 0 aliphatic carbocycles. The highest BCUT2D eigenvalue weighted by atomic mass is 35.5. The summed E-state index contributed by atoms with van der Waals surface area (Å²) in [5.41, 5.74) is 7.53. The van der Waals surface area contributed by atoms with E-state index in [1.165, 1.54) is 0 Å². The average molecular weight is 296 g/mol. The van der Waals surface area contributed by atoms with Gasteiger partial charge in [-0.2, -0.15) is 0 Å². The molecule has 0 heterocycles. The molecule has 0 aromatic heterocycles. The van der Waals surface area contributed by atoms with Crippen LogP contribution in [0.5, 0.6) is 0 Å². The number of aryl methyl sites for hydroxylation is 1. The van der Waals surface area contributed by atoms with Gasteiger partial charge in [-0.3, -0.25) is 0 Å². The molecule has 0 fully saturated rings. The molecule has 0 atom stereocenters. The van der Waals surface area contributed by atoms with Gasteiger partial charge in [-0.25, -0.2) is 8.42 Å². The summed E-state index contributed by atoms with van der Waals surface area (Å²) in [6, 6.07) is 11.8. The maximum Gasteiger partial charge on any atom is 0.184 e. The number of nitrogens with two attached hydrogens (primary N) is 1. The van der Waals surface area contributed by atoms with E-state index in [2.05, 4.69) is 0 Å². The van der Waals surface area contributed by atoms with Crippen molar-refractivity contribution in [2.75, 3.05) is 5.73 Å². The Kier molecular flexibility index (Phi) is 3.83. The van der Waals surface area contributed by atoms with Gasteiger partial charge in [0.15, 0.2) is 9.84 Å². The van der Waals surface area contributed by atoms with Crippen molar-refractivity contribution in [3.63, 3.8) is 0 Å². The van der Waals surface area contributed by atoms with Crippen LogP contribution in [0.4, 0.5) is 5.69 Å². The molecule has 0 saturated heterocycles. The molecular formula is C14H14ClNO2S. The Balaban J connectivity index is 2.40. The topological polar surface area (TPSA) is 60.2 Å². The molecule has 3 nitrogen and oxygen atoms in total. The minimum Gasteiger partial charge on any atom is -0.398 e. The van der Waals surface area contributed by atoms with Crippen molar-refractivity contribution in [1.29, 1.82) is 0 Å². The van der Waals surface area contributed by atoms with E-state index in [9.17, 15) is 8.42 Å². The zero-order chi connectivity index (χ0) is 14.0. The zero-order valence-corrected chi connectivity index (χ0v) is 12.0. The third kappa shape index (κ3) is 3.28. The van der Waals surface area contributed by atoms with Crippen LogP contribution in [0.1, 0.15) is 11.1 Å². The molecule has 5 heteroatoms. The molecule has 2 rings (SSSR count). The fourth-order valence-corrected chi connectivity index (χ4v) is 3.61. The van der Waals surface area contributed by atoms with Crippen LogP contribution < -0.4 is 5.73 Å². The molecule has 2 N–H and O–H groups in total. The minimum absolute atomic E-state index is 0.110. The Hall–Kier alpha value is -1.52. The van der Waals surface area contributed by atoms with E-state index in [1.54, 1.807) is 42.5 Å². The number of hydrogen-bond acceptors (Lipinski definition) is 3. The SMILES string of the molecule is Cc1ccc(N)c(S(=O)(=O)Cc2cccc(Cl)c2)c1. The lowest BCUT2D eigenvalue weighted by Crippen LogP contribution is -2.08. The van der Waals surface area contributed by atoms with Crippen molar-refractivity contribution >= 4 is 27.1 Å². The first kappa shape index (κ1) is 13.9. The Bertz CT molecular complexity index is 711. The second-order valence-electron chi connectivity index (χ2n) is 4.43. The van der Waals surface area contributed by atoms with Crippen LogP contribution >= 0.6 is 11.6 Å². The average Bonchev–Trinajstić information content (AvgIpc) is 2.31. The molecule has 0 bridgehead atoms. The second-order valence-corrected chi connectivity index (χ2v) is 6.82. The Morgan fingerprint density at radius 1 is 1.16 bits per heavy atom. The Morgan fingerprint density at radius 3 is 2.58 bits per heavy atom. The summed E-state index contributed by atoms with van der Waals surface area (Å²) in [7, 11) is -3.47. The third-order valence-electron chi connectivity index (χ3n) is 2.75. The molecule has 2 aromatic rings. The second kappa shape index (κ2) is 5.23. The molecule has 100 valence electrons. The molecule has 0 saturated carbocycles. The summed E-state index contributed by atoms with van der Waals surface area (Å²) in [4.78, 5) is 0.174. The fourth-order valence-electron chi connectivity index (χ4n) is 1.83. The fraction of sp³-hybridized carbons (Fsp3) is 0.143. The number of nitrogen functional groups attached to an aromatic ring is 1. The van der Waals surface area contributed by atoms with E-state index < -0.39 is 9.84 Å². The summed E-state index contributed by atoms with van der Waals surface area (Å²) in [5.74, 6) is -0.110. The molecule has 0 radical (unpaired) electrons. The predicted molar refractivity (Wildman–Crippen MR) is 77.9 cm³/mol. The van der Waals surface area contributed by atoms with Crippen LogP contribution in [0.25, 0.3) is 0 Å². The maximum atomic E-state index is 12.4. The van der Waals surface area contributed by atoms with Gasteiger partial charge in [0, 0.05) is 5.02 Å². The number of benzene rings is 2. The predicted octanol–water partition coefficient (Wildman–Crippen LogP) is 3.20. The van der Waals surface area contributed by atoms with E-state index in [0.29, 0.717) is 10.6 Å². The summed E-state index contributed by atoms with van der Waals surface area (Å²) in [5, 5.41) is 0.518.